The molecule has 84 valence electrons. The first kappa shape index (κ1) is 11.9. The molecule has 0 aromatic heterocycles. The molecule has 0 spiro atoms. The Labute approximate surface area is 85.8 Å². The first-order valence-electron chi connectivity index (χ1n) is 5.00. The van der Waals surface area contributed by atoms with Gasteiger partial charge in [0.25, 0.3) is 0 Å². The molecule has 0 aromatic carbocycles. The normalized spacial score (nSPS) is 27.1. The number of rotatable bonds is 3. The largest absolute Gasteiger partial charge is 0.389 e. The highest BCUT2D eigenvalue weighted by atomic mass is 32.2. The van der Waals surface area contributed by atoms with Gasteiger partial charge >= 0.3 is 0 Å². The van der Waals surface area contributed by atoms with E-state index in [4.69, 9.17) is 0 Å². The van der Waals surface area contributed by atoms with E-state index in [1.54, 1.807) is 6.92 Å². The Morgan fingerprint density at radius 2 is 1.86 bits per heavy atom. The minimum absolute atomic E-state index is 0.229. The summed E-state index contributed by atoms with van der Waals surface area (Å²) in [5.41, 5.74) is -0.693. The van der Waals surface area contributed by atoms with Gasteiger partial charge in [0.15, 0.2) is 9.84 Å². The van der Waals surface area contributed by atoms with E-state index >= 15 is 0 Å². The van der Waals surface area contributed by atoms with Gasteiger partial charge in [0.1, 0.15) is 0 Å². The minimum Gasteiger partial charge on any atom is -0.389 e. The molecule has 0 bridgehead atoms. The smallest absolute Gasteiger partial charge is 0.152 e. The SMILES string of the molecule is CCC(C)(O)CN1CCS(=O)(=O)CC1. The molecule has 1 aliphatic heterocycles. The zero-order valence-corrected chi connectivity index (χ0v) is 9.68. The van der Waals surface area contributed by atoms with Crippen molar-refractivity contribution in [3.8, 4) is 0 Å². The van der Waals surface area contributed by atoms with Crippen LogP contribution in [-0.4, -0.2) is 55.2 Å². The monoisotopic (exact) mass is 221 g/mol. The summed E-state index contributed by atoms with van der Waals surface area (Å²) in [4.78, 5) is 2.02. The van der Waals surface area contributed by atoms with Crippen LogP contribution in [0.1, 0.15) is 20.3 Å². The van der Waals surface area contributed by atoms with Crippen molar-refractivity contribution < 1.29 is 13.5 Å². The van der Waals surface area contributed by atoms with Gasteiger partial charge in [0.2, 0.25) is 0 Å². The molecule has 14 heavy (non-hydrogen) atoms. The van der Waals surface area contributed by atoms with Crippen LogP contribution in [0.25, 0.3) is 0 Å². The van der Waals surface area contributed by atoms with Crippen molar-refractivity contribution in [1.82, 2.24) is 4.90 Å². The number of sulfone groups is 1. The van der Waals surface area contributed by atoms with Crippen LogP contribution in [0.15, 0.2) is 0 Å². The van der Waals surface area contributed by atoms with Gasteiger partial charge in [-0.15, -0.1) is 0 Å². The summed E-state index contributed by atoms with van der Waals surface area (Å²) in [7, 11) is -2.80. The predicted octanol–water partition coefficient (Wildman–Crippen LogP) is -0.122. The molecule has 1 rings (SSSR count). The van der Waals surface area contributed by atoms with Gasteiger partial charge in [-0.1, -0.05) is 6.92 Å². The maximum absolute atomic E-state index is 11.1. The zero-order valence-electron chi connectivity index (χ0n) is 8.86. The summed E-state index contributed by atoms with van der Waals surface area (Å²) >= 11 is 0. The molecule has 1 fully saturated rings. The van der Waals surface area contributed by atoms with Crippen molar-refractivity contribution in [2.75, 3.05) is 31.1 Å². The summed E-state index contributed by atoms with van der Waals surface area (Å²) in [6, 6.07) is 0. The highest BCUT2D eigenvalue weighted by Crippen LogP contribution is 2.13. The molecule has 1 unspecified atom stereocenters. The second-order valence-corrected chi connectivity index (χ2v) is 6.58. The van der Waals surface area contributed by atoms with Crippen LogP contribution in [-0.2, 0) is 9.84 Å². The maximum Gasteiger partial charge on any atom is 0.152 e. The van der Waals surface area contributed by atoms with E-state index in [1.807, 2.05) is 11.8 Å². The molecular weight excluding hydrogens is 202 g/mol. The highest BCUT2D eigenvalue weighted by molar-refractivity contribution is 7.91. The lowest BCUT2D eigenvalue weighted by Crippen LogP contribution is -2.47. The number of β-amino-alcohol motifs (C(OH)–C–C–N with tert-alkyl or cyclic N) is 1. The van der Waals surface area contributed by atoms with Crippen molar-refractivity contribution in [3.05, 3.63) is 0 Å². The minimum atomic E-state index is -2.80. The van der Waals surface area contributed by atoms with Gasteiger partial charge < -0.3 is 5.11 Å². The van der Waals surface area contributed by atoms with Crippen molar-refractivity contribution in [1.29, 1.82) is 0 Å². The van der Waals surface area contributed by atoms with E-state index < -0.39 is 15.4 Å². The van der Waals surface area contributed by atoms with Crippen LogP contribution in [0.5, 0.6) is 0 Å². The fourth-order valence-corrected chi connectivity index (χ4v) is 2.78. The molecule has 1 heterocycles. The van der Waals surface area contributed by atoms with Crippen molar-refractivity contribution in [2.45, 2.75) is 25.9 Å². The van der Waals surface area contributed by atoms with Gasteiger partial charge in [0.05, 0.1) is 17.1 Å². The summed E-state index contributed by atoms with van der Waals surface area (Å²) in [6.07, 6.45) is 0.691. The Balaban J connectivity index is 2.44. The van der Waals surface area contributed by atoms with Crippen LogP contribution in [0.3, 0.4) is 0 Å². The molecule has 4 nitrogen and oxygen atoms in total. The average molecular weight is 221 g/mol. The zero-order chi connectivity index (χ0) is 10.8. The lowest BCUT2D eigenvalue weighted by molar-refractivity contribution is 0.0188. The van der Waals surface area contributed by atoms with Gasteiger partial charge in [-0.05, 0) is 13.3 Å². The molecule has 0 aromatic rings. The second-order valence-electron chi connectivity index (χ2n) is 4.28. The van der Waals surface area contributed by atoms with Gasteiger partial charge in [-0.3, -0.25) is 4.90 Å². The molecule has 0 aliphatic carbocycles. The van der Waals surface area contributed by atoms with E-state index in [2.05, 4.69) is 0 Å². The lowest BCUT2D eigenvalue weighted by atomic mass is 10.0. The van der Waals surface area contributed by atoms with Gasteiger partial charge in [0, 0.05) is 19.6 Å². The number of aliphatic hydroxyl groups is 1. The molecule has 1 saturated heterocycles. The van der Waals surface area contributed by atoms with E-state index in [0.717, 1.165) is 0 Å². The molecule has 1 aliphatic rings. The number of hydrogen-bond acceptors (Lipinski definition) is 4. The third-order valence-electron chi connectivity index (χ3n) is 2.76. The maximum atomic E-state index is 11.1. The fourth-order valence-electron chi connectivity index (χ4n) is 1.50. The van der Waals surface area contributed by atoms with Crippen LogP contribution in [0, 0.1) is 0 Å². The topological polar surface area (TPSA) is 57.6 Å². The fraction of sp³-hybridized carbons (Fsp3) is 1.00. The lowest BCUT2D eigenvalue weighted by Gasteiger charge is -2.33. The van der Waals surface area contributed by atoms with Crippen molar-refractivity contribution in [2.24, 2.45) is 0 Å². The van der Waals surface area contributed by atoms with E-state index in [9.17, 15) is 13.5 Å². The van der Waals surface area contributed by atoms with Crippen molar-refractivity contribution >= 4 is 9.84 Å². The Morgan fingerprint density at radius 3 is 2.29 bits per heavy atom. The van der Waals surface area contributed by atoms with Gasteiger partial charge in [-0.2, -0.15) is 0 Å². The third-order valence-corrected chi connectivity index (χ3v) is 4.37. The van der Waals surface area contributed by atoms with E-state index in [0.29, 0.717) is 26.1 Å². The standard InChI is InChI=1S/C9H19NO3S/c1-3-9(2,11)8-10-4-6-14(12,13)7-5-10/h11H,3-8H2,1-2H3. The summed E-state index contributed by atoms with van der Waals surface area (Å²) < 4.78 is 22.3. The third kappa shape index (κ3) is 3.55. The first-order chi connectivity index (χ1) is 6.35. The number of hydrogen-bond donors (Lipinski definition) is 1. The van der Waals surface area contributed by atoms with Crippen molar-refractivity contribution in [3.63, 3.8) is 0 Å². The predicted molar refractivity (Wildman–Crippen MR) is 56.0 cm³/mol. The molecule has 1 atom stereocenters. The molecule has 0 amide bonds. The van der Waals surface area contributed by atoms with Crippen LogP contribution >= 0.6 is 0 Å². The Bertz CT molecular complexity index is 270. The van der Waals surface area contributed by atoms with E-state index in [1.165, 1.54) is 0 Å². The van der Waals surface area contributed by atoms with Gasteiger partial charge in [-0.25, -0.2) is 8.42 Å². The average Bonchev–Trinajstić information content (AvgIpc) is 2.09. The first-order valence-corrected chi connectivity index (χ1v) is 6.82. The van der Waals surface area contributed by atoms with E-state index in [-0.39, 0.29) is 11.5 Å². The Morgan fingerprint density at radius 1 is 1.36 bits per heavy atom. The Hall–Kier alpha value is -0.130. The van der Waals surface area contributed by atoms with Crippen LogP contribution in [0.2, 0.25) is 0 Å². The van der Waals surface area contributed by atoms with Crippen LogP contribution in [0.4, 0.5) is 0 Å². The molecule has 0 saturated carbocycles. The Kier molecular flexibility index (Phi) is 3.55. The summed E-state index contributed by atoms with van der Waals surface area (Å²) in [6.45, 7) is 5.40. The molecule has 5 heteroatoms. The summed E-state index contributed by atoms with van der Waals surface area (Å²) in [5, 5.41) is 9.81. The highest BCUT2D eigenvalue weighted by Gasteiger charge is 2.27. The molecule has 0 radical (unpaired) electrons. The molecular formula is C9H19NO3S. The van der Waals surface area contributed by atoms with Crippen LogP contribution < -0.4 is 0 Å². The molecule has 1 N–H and O–H groups in total. The quantitative estimate of drug-likeness (QED) is 0.722. The second kappa shape index (κ2) is 4.16. The summed E-state index contributed by atoms with van der Waals surface area (Å²) in [5.74, 6) is 0.458. The number of nitrogens with zero attached hydrogens (tertiary/aromatic N) is 1.